The van der Waals surface area contributed by atoms with Gasteiger partial charge in [0.15, 0.2) is 4.90 Å². The monoisotopic (exact) mass is 305 g/mol. The molecule has 0 amide bonds. The molecule has 0 aromatic carbocycles. The van der Waals surface area contributed by atoms with E-state index >= 15 is 0 Å². The quantitative estimate of drug-likeness (QED) is 0.521. The van der Waals surface area contributed by atoms with Crippen molar-refractivity contribution in [3.8, 4) is 0 Å². The maximum Gasteiger partial charge on any atom is 0.325 e. The van der Waals surface area contributed by atoms with Crippen LogP contribution in [-0.2, 0) is 14.8 Å². The van der Waals surface area contributed by atoms with E-state index in [9.17, 15) is 22.8 Å². The maximum absolute atomic E-state index is 12.0. The van der Waals surface area contributed by atoms with E-state index in [1.165, 1.54) is 0 Å². The summed E-state index contributed by atoms with van der Waals surface area (Å²) in [4.78, 5) is 36.4. The minimum absolute atomic E-state index is 0.432. The van der Waals surface area contributed by atoms with Crippen LogP contribution in [0.3, 0.4) is 0 Å². The Bertz CT molecular complexity index is 704. The fourth-order valence-corrected chi connectivity index (χ4v) is 2.78. The SMILES string of the molecule is CC[C@H](C)[C@H](NS(=O)(=O)c1c[nH]c(=O)[nH]c1=O)C(=O)O. The van der Waals surface area contributed by atoms with Crippen molar-refractivity contribution in [1.82, 2.24) is 14.7 Å². The summed E-state index contributed by atoms with van der Waals surface area (Å²) in [5.41, 5.74) is -1.97. The molecule has 1 aromatic heterocycles. The fraction of sp³-hybridized carbons (Fsp3) is 0.500. The number of H-pyrrole nitrogens is 2. The van der Waals surface area contributed by atoms with Crippen LogP contribution in [0.2, 0.25) is 0 Å². The van der Waals surface area contributed by atoms with E-state index in [-0.39, 0.29) is 0 Å². The number of carboxylic acids is 1. The van der Waals surface area contributed by atoms with Crippen molar-refractivity contribution in [3.63, 3.8) is 0 Å². The Kier molecular flexibility index (Phi) is 4.84. The van der Waals surface area contributed by atoms with Gasteiger partial charge in [0.1, 0.15) is 6.04 Å². The first kappa shape index (κ1) is 16.1. The van der Waals surface area contributed by atoms with E-state index in [0.29, 0.717) is 6.42 Å². The number of hydrogen-bond acceptors (Lipinski definition) is 5. The van der Waals surface area contributed by atoms with Crippen LogP contribution in [-0.4, -0.2) is 35.5 Å². The van der Waals surface area contributed by atoms with Crippen LogP contribution in [0, 0.1) is 5.92 Å². The molecule has 0 aliphatic rings. The summed E-state index contributed by atoms with van der Waals surface area (Å²) in [6.07, 6.45) is 1.15. The largest absolute Gasteiger partial charge is 0.480 e. The molecule has 0 saturated carbocycles. The summed E-state index contributed by atoms with van der Waals surface area (Å²) in [6, 6.07) is -1.36. The van der Waals surface area contributed by atoms with Crippen LogP contribution in [0.15, 0.2) is 20.7 Å². The average molecular weight is 305 g/mol. The maximum atomic E-state index is 12.0. The number of aromatic amines is 2. The lowest BCUT2D eigenvalue weighted by molar-refractivity contribution is -0.140. The molecule has 20 heavy (non-hydrogen) atoms. The number of sulfonamides is 1. The molecule has 0 saturated heterocycles. The molecule has 0 spiro atoms. The van der Waals surface area contributed by atoms with Gasteiger partial charge in [0.25, 0.3) is 5.56 Å². The Morgan fingerprint density at radius 1 is 1.45 bits per heavy atom. The van der Waals surface area contributed by atoms with Crippen molar-refractivity contribution in [1.29, 1.82) is 0 Å². The van der Waals surface area contributed by atoms with Gasteiger partial charge in [-0.25, -0.2) is 13.2 Å². The van der Waals surface area contributed by atoms with Crippen molar-refractivity contribution in [2.75, 3.05) is 0 Å². The third kappa shape index (κ3) is 3.54. The molecular formula is C10H15N3O6S. The van der Waals surface area contributed by atoms with Gasteiger partial charge >= 0.3 is 11.7 Å². The van der Waals surface area contributed by atoms with E-state index in [4.69, 9.17) is 5.11 Å². The molecule has 0 aliphatic carbocycles. The summed E-state index contributed by atoms with van der Waals surface area (Å²) in [6.45, 7) is 3.28. The molecule has 1 rings (SSSR count). The van der Waals surface area contributed by atoms with Crippen molar-refractivity contribution >= 4 is 16.0 Å². The molecular weight excluding hydrogens is 290 g/mol. The molecule has 9 nitrogen and oxygen atoms in total. The number of hydrogen-bond donors (Lipinski definition) is 4. The Morgan fingerprint density at radius 2 is 2.05 bits per heavy atom. The zero-order chi connectivity index (χ0) is 15.5. The number of rotatable bonds is 6. The molecule has 1 heterocycles. The highest BCUT2D eigenvalue weighted by molar-refractivity contribution is 7.89. The van der Waals surface area contributed by atoms with Gasteiger partial charge in [0.05, 0.1) is 0 Å². The number of nitrogens with one attached hydrogen (secondary N) is 3. The third-order valence-corrected chi connectivity index (χ3v) is 4.28. The topological polar surface area (TPSA) is 149 Å². The van der Waals surface area contributed by atoms with Crippen LogP contribution in [0.4, 0.5) is 0 Å². The number of carbonyl (C=O) groups is 1. The Hall–Kier alpha value is -1.94. The van der Waals surface area contributed by atoms with Gasteiger partial charge in [-0.15, -0.1) is 0 Å². The van der Waals surface area contributed by atoms with E-state index in [1.807, 2.05) is 9.71 Å². The zero-order valence-corrected chi connectivity index (χ0v) is 11.7. The Morgan fingerprint density at radius 3 is 2.50 bits per heavy atom. The minimum Gasteiger partial charge on any atom is -0.480 e. The minimum atomic E-state index is -4.35. The molecule has 4 N–H and O–H groups in total. The number of carboxylic acid groups (broad SMARTS) is 1. The van der Waals surface area contributed by atoms with Gasteiger partial charge in [0, 0.05) is 6.20 Å². The molecule has 0 fully saturated rings. The molecule has 1 aromatic rings. The summed E-state index contributed by atoms with van der Waals surface area (Å²) in [5, 5.41) is 9.03. The Labute approximate surface area is 114 Å². The van der Waals surface area contributed by atoms with Gasteiger partial charge in [-0.05, 0) is 5.92 Å². The highest BCUT2D eigenvalue weighted by Gasteiger charge is 2.30. The van der Waals surface area contributed by atoms with E-state index < -0.39 is 44.1 Å². The standard InChI is InChI=1S/C10H15N3O6S/c1-3-5(2)7(9(15)16)13-20(18,19)6-4-11-10(17)12-8(6)14/h4-5,7,13H,3H2,1-2H3,(H,15,16)(H2,11,12,14,17)/t5-,7-/m0/s1. The van der Waals surface area contributed by atoms with E-state index in [2.05, 4.69) is 0 Å². The van der Waals surface area contributed by atoms with Gasteiger partial charge in [-0.1, -0.05) is 20.3 Å². The van der Waals surface area contributed by atoms with Crippen LogP contribution in [0.5, 0.6) is 0 Å². The van der Waals surface area contributed by atoms with Gasteiger partial charge in [0.2, 0.25) is 10.0 Å². The average Bonchev–Trinajstić information content (AvgIpc) is 2.34. The summed E-state index contributed by atoms with van der Waals surface area (Å²) < 4.78 is 25.9. The molecule has 0 unspecified atom stereocenters. The predicted molar refractivity (Wildman–Crippen MR) is 68.9 cm³/mol. The van der Waals surface area contributed by atoms with E-state index in [1.54, 1.807) is 18.8 Å². The number of aromatic nitrogens is 2. The molecule has 0 bridgehead atoms. The van der Waals surface area contributed by atoms with Gasteiger partial charge < -0.3 is 10.1 Å². The zero-order valence-electron chi connectivity index (χ0n) is 10.8. The first-order valence-corrected chi connectivity index (χ1v) is 7.24. The first-order chi connectivity index (χ1) is 9.19. The molecule has 10 heteroatoms. The second-order valence-electron chi connectivity index (χ2n) is 4.26. The number of aliphatic carboxylic acids is 1. The molecule has 2 atom stereocenters. The highest BCUT2D eigenvalue weighted by Crippen LogP contribution is 2.11. The third-order valence-electron chi connectivity index (χ3n) is 2.84. The normalized spacial score (nSPS) is 14.7. The van der Waals surface area contributed by atoms with E-state index in [0.717, 1.165) is 6.20 Å². The molecule has 0 radical (unpaired) electrons. The van der Waals surface area contributed by atoms with Crippen molar-refractivity contribution in [3.05, 3.63) is 27.0 Å². The molecule has 0 aliphatic heterocycles. The summed E-state index contributed by atoms with van der Waals surface area (Å²) in [7, 11) is -4.35. The smallest absolute Gasteiger partial charge is 0.325 e. The highest BCUT2D eigenvalue weighted by atomic mass is 32.2. The van der Waals surface area contributed by atoms with Crippen molar-refractivity contribution < 1.29 is 18.3 Å². The lowest BCUT2D eigenvalue weighted by Gasteiger charge is -2.19. The van der Waals surface area contributed by atoms with Gasteiger partial charge in [-0.2, -0.15) is 4.72 Å². The van der Waals surface area contributed by atoms with Crippen LogP contribution in [0.1, 0.15) is 20.3 Å². The fourth-order valence-electron chi connectivity index (χ4n) is 1.47. The first-order valence-electron chi connectivity index (χ1n) is 5.76. The summed E-state index contributed by atoms with van der Waals surface area (Å²) in [5.74, 6) is -1.81. The summed E-state index contributed by atoms with van der Waals surface area (Å²) >= 11 is 0. The van der Waals surface area contributed by atoms with Crippen LogP contribution < -0.4 is 16.0 Å². The van der Waals surface area contributed by atoms with Crippen LogP contribution >= 0.6 is 0 Å². The Balaban J connectivity index is 3.20. The second-order valence-corrected chi connectivity index (χ2v) is 5.94. The van der Waals surface area contributed by atoms with Crippen molar-refractivity contribution in [2.45, 2.75) is 31.2 Å². The van der Waals surface area contributed by atoms with Gasteiger partial charge in [-0.3, -0.25) is 14.6 Å². The molecule has 112 valence electrons. The lowest BCUT2D eigenvalue weighted by atomic mass is 10.0. The predicted octanol–water partition coefficient (Wildman–Crippen LogP) is -1.16. The second kappa shape index (κ2) is 6.01. The lowest BCUT2D eigenvalue weighted by Crippen LogP contribution is -2.46. The van der Waals surface area contributed by atoms with Crippen molar-refractivity contribution in [2.24, 2.45) is 5.92 Å². The van der Waals surface area contributed by atoms with Crippen LogP contribution in [0.25, 0.3) is 0 Å².